The number of aromatic nitrogens is 2. The molecular formula is C20H21FN4O2. The van der Waals surface area contributed by atoms with E-state index in [1.165, 1.54) is 18.5 Å². The van der Waals surface area contributed by atoms with Gasteiger partial charge in [-0.25, -0.2) is 14.4 Å². The fourth-order valence-electron chi connectivity index (χ4n) is 3.11. The zero-order valence-electron chi connectivity index (χ0n) is 15.5. The van der Waals surface area contributed by atoms with Gasteiger partial charge in [0.05, 0.1) is 10.9 Å². The number of furan rings is 1. The first kappa shape index (κ1) is 17.5. The summed E-state index contributed by atoms with van der Waals surface area (Å²) in [5, 5.41) is 6.83. The highest BCUT2D eigenvalue weighted by atomic mass is 19.1. The predicted molar refractivity (Wildman–Crippen MR) is 100 cm³/mol. The molecule has 1 amide bonds. The number of rotatable bonds is 5. The number of carbonyl (C=O) groups is 1. The van der Waals surface area contributed by atoms with Crippen molar-refractivity contribution >= 4 is 22.8 Å². The third kappa shape index (κ3) is 3.37. The highest BCUT2D eigenvalue weighted by molar-refractivity contribution is 6.10. The molecule has 2 N–H and O–H groups in total. The van der Waals surface area contributed by atoms with Crippen molar-refractivity contribution in [2.75, 3.05) is 5.32 Å². The maximum atomic E-state index is 13.5. The van der Waals surface area contributed by atoms with E-state index in [1.807, 2.05) is 6.92 Å². The number of nitrogens with zero attached hydrogens (tertiary/aromatic N) is 2. The molecule has 1 aliphatic carbocycles. The first-order valence-corrected chi connectivity index (χ1v) is 8.92. The second-order valence-electron chi connectivity index (χ2n) is 7.37. The lowest BCUT2D eigenvalue weighted by molar-refractivity contribution is 0.0950. The topological polar surface area (TPSA) is 80.1 Å². The van der Waals surface area contributed by atoms with Crippen molar-refractivity contribution in [3.05, 3.63) is 52.8 Å². The van der Waals surface area contributed by atoms with Crippen molar-refractivity contribution in [1.29, 1.82) is 0 Å². The summed E-state index contributed by atoms with van der Waals surface area (Å²) in [5.74, 6) is 0.452. The fourth-order valence-corrected chi connectivity index (χ4v) is 3.11. The molecule has 0 saturated heterocycles. The smallest absolute Gasteiger partial charge is 0.255 e. The lowest BCUT2D eigenvalue weighted by Gasteiger charge is -2.13. The molecule has 0 unspecified atom stereocenters. The Labute approximate surface area is 156 Å². The number of amides is 1. The number of fused-ring (bicyclic) bond motifs is 1. The zero-order chi connectivity index (χ0) is 19.2. The van der Waals surface area contributed by atoms with E-state index in [9.17, 15) is 9.18 Å². The van der Waals surface area contributed by atoms with Crippen molar-refractivity contribution in [2.24, 2.45) is 0 Å². The van der Waals surface area contributed by atoms with Crippen LogP contribution >= 0.6 is 0 Å². The summed E-state index contributed by atoms with van der Waals surface area (Å²) in [6, 6.07) is 4.53. The number of hydrogen-bond acceptors (Lipinski definition) is 5. The van der Waals surface area contributed by atoms with Crippen molar-refractivity contribution in [3.8, 4) is 0 Å². The van der Waals surface area contributed by atoms with Crippen LogP contribution in [-0.4, -0.2) is 21.4 Å². The molecule has 1 fully saturated rings. The first-order valence-electron chi connectivity index (χ1n) is 8.92. The van der Waals surface area contributed by atoms with E-state index in [0.29, 0.717) is 28.2 Å². The van der Waals surface area contributed by atoms with Gasteiger partial charge in [-0.3, -0.25) is 4.79 Å². The molecule has 6 nitrogen and oxygen atoms in total. The summed E-state index contributed by atoms with van der Waals surface area (Å²) < 4.78 is 19.2. The number of halogens is 1. The number of nitrogens with one attached hydrogen (secondary N) is 2. The fraction of sp³-hybridized carbons (Fsp3) is 0.350. The summed E-state index contributed by atoms with van der Waals surface area (Å²) in [5.41, 5.74) is 2.43. The summed E-state index contributed by atoms with van der Waals surface area (Å²) >= 11 is 0. The number of aryl methyl sites for hydroxylation is 2. The molecule has 0 radical (unpaired) electrons. The van der Waals surface area contributed by atoms with Gasteiger partial charge in [0.1, 0.15) is 23.7 Å². The van der Waals surface area contributed by atoms with Crippen LogP contribution in [0, 0.1) is 19.7 Å². The molecule has 0 spiro atoms. The Hall–Kier alpha value is -2.96. The van der Waals surface area contributed by atoms with Crippen LogP contribution in [0.25, 0.3) is 11.1 Å². The number of anilines is 1. The average Bonchev–Trinajstić information content (AvgIpc) is 3.24. The summed E-state index contributed by atoms with van der Waals surface area (Å²) in [7, 11) is 0. The van der Waals surface area contributed by atoms with Gasteiger partial charge < -0.3 is 15.1 Å². The first-order chi connectivity index (χ1) is 12.9. The summed E-state index contributed by atoms with van der Waals surface area (Å²) in [6.45, 7) is 5.95. The Kier molecular flexibility index (Phi) is 4.09. The SMILES string of the molecule is Cc1ccc(F)cc1CNC(=O)c1c(C)oc2ncnc(NC3(C)CC3)c12. The van der Waals surface area contributed by atoms with Gasteiger partial charge in [0.25, 0.3) is 5.91 Å². The second-order valence-corrected chi connectivity index (χ2v) is 7.37. The van der Waals surface area contributed by atoms with Crippen molar-refractivity contribution in [3.63, 3.8) is 0 Å². The van der Waals surface area contributed by atoms with Crippen LogP contribution in [0.5, 0.6) is 0 Å². The number of carbonyl (C=O) groups excluding carboxylic acids is 1. The van der Waals surface area contributed by atoms with E-state index in [4.69, 9.17) is 4.42 Å². The van der Waals surface area contributed by atoms with Gasteiger partial charge in [0.15, 0.2) is 0 Å². The van der Waals surface area contributed by atoms with Crippen LogP contribution in [0.15, 0.2) is 28.9 Å². The molecule has 2 aromatic heterocycles. The minimum Gasteiger partial charge on any atom is -0.442 e. The summed E-state index contributed by atoms with van der Waals surface area (Å²) in [6.07, 6.45) is 3.53. The predicted octanol–water partition coefficient (Wildman–Crippen LogP) is 3.87. The Morgan fingerprint density at radius 1 is 1.30 bits per heavy atom. The maximum Gasteiger partial charge on any atom is 0.255 e. The minimum atomic E-state index is -0.327. The van der Waals surface area contributed by atoms with E-state index < -0.39 is 0 Å². The van der Waals surface area contributed by atoms with Crippen LogP contribution < -0.4 is 10.6 Å². The van der Waals surface area contributed by atoms with Crippen LogP contribution in [0.1, 0.15) is 47.0 Å². The number of benzene rings is 1. The normalized spacial score (nSPS) is 15.0. The minimum absolute atomic E-state index is 0.00111. The standard InChI is InChI=1S/C20H21FN4O2/c1-11-4-5-14(21)8-13(11)9-22-18(26)15-12(2)27-19-16(15)17(23-10-24-19)25-20(3)6-7-20/h4-5,8,10H,6-7,9H2,1-3H3,(H,22,26)(H,23,24,25). The maximum absolute atomic E-state index is 13.5. The van der Waals surface area contributed by atoms with E-state index in [-0.39, 0.29) is 23.8 Å². The summed E-state index contributed by atoms with van der Waals surface area (Å²) in [4.78, 5) is 21.4. The Bertz CT molecular complexity index is 1040. The quantitative estimate of drug-likeness (QED) is 0.715. The van der Waals surface area contributed by atoms with E-state index >= 15 is 0 Å². The molecule has 0 bridgehead atoms. The molecule has 0 aliphatic heterocycles. The van der Waals surface area contributed by atoms with E-state index in [0.717, 1.165) is 24.0 Å². The van der Waals surface area contributed by atoms with Gasteiger partial charge in [-0.1, -0.05) is 6.07 Å². The Morgan fingerprint density at radius 3 is 2.81 bits per heavy atom. The highest BCUT2D eigenvalue weighted by Crippen LogP contribution is 2.40. The third-order valence-electron chi connectivity index (χ3n) is 5.06. The van der Waals surface area contributed by atoms with Crippen LogP contribution in [-0.2, 0) is 6.54 Å². The van der Waals surface area contributed by atoms with E-state index in [1.54, 1.807) is 13.0 Å². The molecule has 4 rings (SSSR count). The van der Waals surface area contributed by atoms with E-state index in [2.05, 4.69) is 27.5 Å². The molecule has 3 aromatic rings. The van der Waals surface area contributed by atoms with Gasteiger partial charge >= 0.3 is 0 Å². The lowest BCUT2D eigenvalue weighted by Crippen LogP contribution is -2.24. The van der Waals surface area contributed by atoms with Crippen molar-refractivity contribution < 1.29 is 13.6 Å². The van der Waals surface area contributed by atoms with Gasteiger partial charge in [0, 0.05) is 12.1 Å². The molecule has 1 aromatic carbocycles. The molecule has 2 heterocycles. The number of hydrogen-bond donors (Lipinski definition) is 2. The molecule has 27 heavy (non-hydrogen) atoms. The van der Waals surface area contributed by atoms with Gasteiger partial charge in [-0.2, -0.15) is 0 Å². The average molecular weight is 368 g/mol. The molecule has 1 saturated carbocycles. The van der Waals surface area contributed by atoms with Crippen LogP contribution in [0.4, 0.5) is 10.2 Å². The Morgan fingerprint density at radius 2 is 2.07 bits per heavy atom. The van der Waals surface area contributed by atoms with Gasteiger partial charge in [-0.05, 0) is 56.9 Å². The molecular weight excluding hydrogens is 347 g/mol. The van der Waals surface area contributed by atoms with Crippen LogP contribution in [0.3, 0.4) is 0 Å². The van der Waals surface area contributed by atoms with Gasteiger partial charge in [0.2, 0.25) is 5.71 Å². The lowest BCUT2D eigenvalue weighted by atomic mass is 10.1. The molecule has 140 valence electrons. The van der Waals surface area contributed by atoms with Gasteiger partial charge in [-0.15, -0.1) is 0 Å². The largest absolute Gasteiger partial charge is 0.442 e. The zero-order valence-corrected chi connectivity index (χ0v) is 15.5. The molecule has 7 heteroatoms. The Balaban J connectivity index is 1.65. The highest BCUT2D eigenvalue weighted by Gasteiger charge is 2.38. The molecule has 1 aliphatic rings. The van der Waals surface area contributed by atoms with Crippen molar-refractivity contribution in [1.82, 2.24) is 15.3 Å². The monoisotopic (exact) mass is 368 g/mol. The third-order valence-corrected chi connectivity index (χ3v) is 5.06. The second kappa shape index (κ2) is 6.33. The van der Waals surface area contributed by atoms with Crippen LogP contribution in [0.2, 0.25) is 0 Å². The van der Waals surface area contributed by atoms with Crippen molar-refractivity contribution in [2.45, 2.75) is 45.7 Å². The molecule has 0 atom stereocenters.